The van der Waals surface area contributed by atoms with E-state index in [4.69, 9.17) is 0 Å². The van der Waals surface area contributed by atoms with Crippen molar-refractivity contribution in [1.29, 1.82) is 0 Å². The highest BCUT2D eigenvalue weighted by atomic mass is 28.1. The monoisotopic (exact) mass is 131 g/mol. The smallest absolute Gasteiger partial charge is 0.180 e. The molecule has 0 bridgehead atoms. The van der Waals surface area contributed by atoms with E-state index in [-0.39, 0.29) is 5.53 Å². The number of hydrogen-bond acceptors (Lipinski definition) is 1. The summed E-state index contributed by atoms with van der Waals surface area (Å²) in [7, 11) is 0.624. The van der Waals surface area contributed by atoms with Gasteiger partial charge in [-0.3, -0.25) is 4.79 Å². The minimum absolute atomic E-state index is 0.193. The van der Waals surface area contributed by atoms with Crippen LogP contribution in [-0.4, -0.2) is 22.3 Å². The first-order chi connectivity index (χ1) is 3.63. The zero-order valence-electron chi connectivity index (χ0n) is 5.69. The van der Waals surface area contributed by atoms with Crippen LogP contribution >= 0.6 is 0 Å². The Labute approximate surface area is 53.1 Å². The summed E-state index contributed by atoms with van der Waals surface area (Å²) in [6.45, 7) is 4.98. The van der Waals surface area contributed by atoms with Crippen molar-refractivity contribution >= 4 is 15.8 Å². The SMILES string of the molecule is CC(C)CNC(=O)[SiH3]. The third kappa shape index (κ3) is 5.69. The van der Waals surface area contributed by atoms with Crippen molar-refractivity contribution < 1.29 is 4.79 Å². The van der Waals surface area contributed by atoms with Crippen LogP contribution in [0.15, 0.2) is 0 Å². The summed E-state index contributed by atoms with van der Waals surface area (Å²) >= 11 is 0. The van der Waals surface area contributed by atoms with E-state index in [1.807, 2.05) is 0 Å². The second-order valence-corrected chi connectivity index (χ2v) is 3.24. The summed E-state index contributed by atoms with van der Waals surface area (Å²) in [5.41, 5.74) is 0.193. The van der Waals surface area contributed by atoms with Crippen molar-refractivity contribution in [2.45, 2.75) is 13.8 Å². The number of rotatable bonds is 2. The highest BCUT2D eigenvalue weighted by Gasteiger charge is 1.92. The Bertz CT molecular complexity index is 82.5. The summed E-state index contributed by atoms with van der Waals surface area (Å²) < 4.78 is 0. The van der Waals surface area contributed by atoms with Gasteiger partial charge >= 0.3 is 0 Å². The molecule has 0 aromatic rings. The molecule has 0 radical (unpaired) electrons. The molecule has 1 N–H and O–H groups in total. The van der Waals surface area contributed by atoms with Gasteiger partial charge in [0.05, 0.1) is 0 Å². The summed E-state index contributed by atoms with van der Waals surface area (Å²) in [4.78, 5) is 10.3. The van der Waals surface area contributed by atoms with Crippen molar-refractivity contribution in [2.24, 2.45) is 5.92 Å². The first-order valence-electron chi connectivity index (χ1n) is 2.87. The van der Waals surface area contributed by atoms with Crippen molar-refractivity contribution in [2.75, 3.05) is 6.54 Å². The van der Waals surface area contributed by atoms with Gasteiger partial charge in [0.15, 0.2) is 5.53 Å². The van der Waals surface area contributed by atoms with Gasteiger partial charge in [0.1, 0.15) is 10.2 Å². The molecule has 0 aromatic heterocycles. The maximum Gasteiger partial charge on any atom is 0.180 e. The zero-order chi connectivity index (χ0) is 6.57. The van der Waals surface area contributed by atoms with E-state index in [1.54, 1.807) is 0 Å². The molecule has 2 nitrogen and oxygen atoms in total. The number of carbonyl (C=O) groups excluding carboxylic acids is 1. The predicted octanol–water partition coefficient (Wildman–Crippen LogP) is -0.283. The van der Waals surface area contributed by atoms with Gasteiger partial charge in [-0.15, -0.1) is 0 Å². The topological polar surface area (TPSA) is 29.1 Å². The van der Waals surface area contributed by atoms with Crippen LogP contribution in [-0.2, 0) is 0 Å². The molecular formula is C5H13NOSi. The van der Waals surface area contributed by atoms with E-state index in [0.29, 0.717) is 16.2 Å². The Morgan fingerprint density at radius 2 is 2.25 bits per heavy atom. The van der Waals surface area contributed by atoms with Gasteiger partial charge in [0, 0.05) is 6.54 Å². The van der Waals surface area contributed by atoms with Gasteiger partial charge in [-0.1, -0.05) is 13.8 Å². The van der Waals surface area contributed by atoms with E-state index >= 15 is 0 Å². The fourth-order valence-electron chi connectivity index (χ4n) is 0.348. The Kier molecular flexibility index (Phi) is 3.52. The molecule has 3 heteroatoms. The van der Waals surface area contributed by atoms with Gasteiger partial charge in [-0.2, -0.15) is 0 Å². The van der Waals surface area contributed by atoms with Crippen LogP contribution in [0.4, 0.5) is 4.79 Å². The largest absolute Gasteiger partial charge is 0.361 e. The van der Waals surface area contributed by atoms with Crippen LogP contribution in [0.5, 0.6) is 0 Å². The summed E-state index contributed by atoms with van der Waals surface area (Å²) in [5.74, 6) is 0.577. The molecule has 0 aliphatic rings. The number of amides is 1. The molecule has 48 valence electrons. The van der Waals surface area contributed by atoms with Crippen LogP contribution in [0.1, 0.15) is 13.8 Å². The van der Waals surface area contributed by atoms with Crippen molar-refractivity contribution in [3.05, 3.63) is 0 Å². The lowest BCUT2D eigenvalue weighted by molar-refractivity contribution is 0.258. The third-order valence-corrected chi connectivity index (χ3v) is 1.11. The summed E-state index contributed by atoms with van der Waals surface area (Å²) in [6, 6.07) is 0. The molecule has 0 atom stereocenters. The lowest BCUT2D eigenvalue weighted by Crippen LogP contribution is -2.25. The number of carbonyl (C=O) groups is 1. The first-order valence-corrected chi connectivity index (χ1v) is 3.87. The molecule has 0 aliphatic heterocycles. The van der Waals surface area contributed by atoms with Gasteiger partial charge in [0.25, 0.3) is 0 Å². The Morgan fingerprint density at radius 1 is 1.75 bits per heavy atom. The number of nitrogens with one attached hydrogen (secondary N) is 1. The van der Waals surface area contributed by atoms with Crippen LogP contribution in [0, 0.1) is 5.92 Å². The van der Waals surface area contributed by atoms with Crippen molar-refractivity contribution in [3.8, 4) is 0 Å². The molecule has 0 unspecified atom stereocenters. The summed E-state index contributed by atoms with van der Waals surface area (Å²) in [5, 5.41) is 2.77. The quantitative estimate of drug-likeness (QED) is 0.513. The van der Waals surface area contributed by atoms with E-state index in [9.17, 15) is 4.79 Å². The normalized spacial score (nSPS) is 9.88. The predicted molar refractivity (Wildman–Crippen MR) is 38.2 cm³/mol. The Hall–Kier alpha value is -0.313. The van der Waals surface area contributed by atoms with Crippen LogP contribution in [0.25, 0.3) is 0 Å². The molecule has 0 aliphatic carbocycles. The second-order valence-electron chi connectivity index (χ2n) is 2.33. The van der Waals surface area contributed by atoms with E-state index < -0.39 is 0 Å². The Balaban J connectivity index is 3.05. The lowest BCUT2D eigenvalue weighted by atomic mass is 10.2. The fourth-order valence-corrected chi connectivity index (χ4v) is 0.552. The lowest BCUT2D eigenvalue weighted by Gasteiger charge is -2.03. The van der Waals surface area contributed by atoms with Crippen LogP contribution < -0.4 is 5.32 Å². The average Bonchev–Trinajstić information content (AvgIpc) is 1.61. The van der Waals surface area contributed by atoms with Crippen molar-refractivity contribution in [3.63, 3.8) is 0 Å². The molecule has 1 amide bonds. The standard InChI is InChI=1S/C5H13NOSi/c1-4(2)3-6-5(7)8/h4H,3H2,1-2,8H3,(H,6,7). The maximum absolute atomic E-state index is 10.3. The highest BCUT2D eigenvalue weighted by Crippen LogP contribution is 1.85. The molecule has 0 fully saturated rings. The van der Waals surface area contributed by atoms with Gasteiger partial charge in [-0.25, -0.2) is 0 Å². The number of hydrogen-bond donors (Lipinski definition) is 1. The molecule has 0 aromatic carbocycles. The minimum Gasteiger partial charge on any atom is -0.361 e. The van der Waals surface area contributed by atoms with Gasteiger partial charge < -0.3 is 5.32 Å². The fraction of sp³-hybridized carbons (Fsp3) is 0.800. The van der Waals surface area contributed by atoms with E-state index in [2.05, 4.69) is 19.2 Å². The molecule has 8 heavy (non-hydrogen) atoms. The molecular weight excluding hydrogens is 118 g/mol. The molecule has 0 saturated heterocycles. The molecule has 0 rings (SSSR count). The Morgan fingerprint density at radius 3 is 2.38 bits per heavy atom. The highest BCUT2D eigenvalue weighted by molar-refractivity contribution is 6.57. The minimum atomic E-state index is 0.193. The zero-order valence-corrected chi connectivity index (χ0v) is 7.69. The third-order valence-electron chi connectivity index (χ3n) is 0.759. The maximum atomic E-state index is 10.3. The van der Waals surface area contributed by atoms with Gasteiger partial charge in [0.2, 0.25) is 0 Å². The van der Waals surface area contributed by atoms with E-state index in [1.165, 1.54) is 0 Å². The summed E-state index contributed by atoms with van der Waals surface area (Å²) in [6.07, 6.45) is 0. The van der Waals surface area contributed by atoms with E-state index in [0.717, 1.165) is 6.54 Å². The van der Waals surface area contributed by atoms with Crippen LogP contribution in [0.2, 0.25) is 0 Å². The van der Waals surface area contributed by atoms with Crippen molar-refractivity contribution in [1.82, 2.24) is 5.32 Å². The molecule has 0 spiro atoms. The molecule has 0 saturated carbocycles. The first kappa shape index (κ1) is 7.69. The van der Waals surface area contributed by atoms with Crippen LogP contribution in [0.3, 0.4) is 0 Å². The second kappa shape index (κ2) is 3.66. The average molecular weight is 131 g/mol. The molecule has 0 heterocycles. The van der Waals surface area contributed by atoms with Gasteiger partial charge in [-0.05, 0) is 5.92 Å².